The van der Waals surface area contributed by atoms with Gasteiger partial charge in [0.1, 0.15) is 0 Å². The topological polar surface area (TPSA) is 66.4 Å². The van der Waals surface area contributed by atoms with Crippen molar-refractivity contribution in [2.45, 2.75) is 33.6 Å². The largest absolute Gasteiger partial charge is 0.481 e. The Morgan fingerprint density at radius 1 is 1.05 bits per heavy atom. The number of amides is 1. The Morgan fingerprint density at radius 3 is 2.00 bits per heavy atom. The highest BCUT2D eigenvalue weighted by molar-refractivity contribution is 5.92. The van der Waals surface area contributed by atoms with Crippen molar-refractivity contribution in [3.05, 3.63) is 29.8 Å². The monoisotopic (exact) mass is 263 g/mol. The summed E-state index contributed by atoms with van der Waals surface area (Å²) in [7, 11) is 0. The number of carboxylic acid groups (broad SMARTS) is 1. The van der Waals surface area contributed by atoms with Crippen molar-refractivity contribution < 1.29 is 14.7 Å². The maximum atomic E-state index is 11.9. The van der Waals surface area contributed by atoms with Crippen LogP contribution in [-0.2, 0) is 9.59 Å². The zero-order valence-electron chi connectivity index (χ0n) is 11.8. The fraction of sp³-hybridized carbons (Fsp3) is 0.467. The van der Waals surface area contributed by atoms with Crippen LogP contribution in [0.1, 0.15) is 39.2 Å². The fourth-order valence-electron chi connectivity index (χ4n) is 1.56. The molecule has 1 rings (SSSR count). The number of hydrogen-bond donors (Lipinski definition) is 2. The predicted octanol–water partition coefficient (Wildman–Crippen LogP) is 3.11. The number of carbonyl (C=O) groups is 2. The first-order chi connectivity index (χ1) is 8.82. The van der Waals surface area contributed by atoms with E-state index in [1.54, 1.807) is 31.2 Å². The van der Waals surface area contributed by atoms with E-state index in [9.17, 15) is 9.59 Å². The first-order valence-corrected chi connectivity index (χ1v) is 6.46. The highest BCUT2D eigenvalue weighted by atomic mass is 16.4. The van der Waals surface area contributed by atoms with Crippen molar-refractivity contribution >= 4 is 17.6 Å². The molecule has 1 amide bonds. The third-order valence-electron chi connectivity index (χ3n) is 3.46. The molecule has 0 heterocycles. The third kappa shape index (κ3) is 4.09. The normalized spacial score (nSPS) is 13.9. The van der Waals surface area contributed by atoms with Gasteiger partial charge in [-0.2, -0.15) is 0 Å². The van der Waals surface area contributed by atoms with Gasteiger partial charge in [-0.15, -0.1) is 0 Å². The average Bonchev–Trinajstić information content (AvgIpc) is 2.37. The van der Waals surface area contributed by atoms with Crippen molar-refractivity contribution in [1.82, 2.24) is 0 Å². The number of nitrogens with one attached hydrogen (secondary N) is 1. The Kier molecular flexibility index (Phi) is 5.10. The quantitative estimate of drug-likeness (QED) is 0.857. The van der Waals surface area contributed by atoms with E-state index in [1.165, 1.54) is 0 Å². The number of aliphatic carboxylic acids is 1. The summed E-state index contributed by atoms with van der Waals surface area (Å²) in [6, 6.07) is 6.93. The molecule has 19 heavy (non-hydrogen) atoms. The summed E-state index contributed by atoms with van der Waals surface area (Å²) in [5.74, 6) is -1.19. The summed E-state index contributed by atoms with van der Waals surface area (Å²) in [6.07, 6.45) is 0. The molecule has 2 unspecified atom stereocenters. The Labute approximate surface area is 113 Å². The molecular formula is C15H21NO3. The molecule has 0 radical (unpaired) electrons. The third-order valence-corrected chi connectivity index (χ3v) is 3.46. The number of hydrogen-bond acceptors (Lipinski definition) is 2. The second kappa shape index (κ2) is 6.36. The van der Waals surface area contributed by atoms with Crippen LogP contribution in [0.5, 0.6) is 0 Å². The lowest BCUT2D eigenvalue weighted by Gasteiger charge is -2.15. The van der Waals surface area contributed by atoms with Crippen LogP contribution >= 0.6 is 0 Å². The van der Waals surface area contributed by atoms with Crippen molar-refractivity contribution in [3.8, 4) is 0 Å². The van der Waals surface area contributed by atoms with Crippen LogP contribution in [0, 0.1) is 11.8 Å². The van der Waals surface area contributed by atoms with Gasteiger partial charge in [0.05, 0.1) is 5.92 Å². The van der Waals surface area contributed by atoms with E-state index in [1.807, 2.05) is 20.8 Å². The minimum absolute atomic E-state index is 0.0194. The van der Waals surface area contributed by atoms with Gasteiger partial charge in [0.25, 0.3) is 0 Å². The van der Waals surface area contributed by atoms with Gasteiger partial charge in [0.2, 0.25) is 5.91 Å². The maximum absolute atomic E-state index is 11.9. The summed E-state index contributed by atoms with van der Waals surface area (Å²) >= 11 is 0. The highest BCUT2D eigenvalue weighted by Gasteiger charge is 2.17. The summed E-state index contributed by atoms with van der Waals surface area (Å²) in [6.45, 7) is 7.53. The van der Waals surface area contributed by atoms with E-state index in [4.69, 9.17) is 5.11 Å². The van der Waals surface area contributed by atoms with Crippen LogP contribution in [-0.4, -0.2) is 17.0 Å². The number of carbonyl (C=O) groups excluding carboxylic acids is 1. The first-order valence-electron chi connectivity index (χ1n) is 6.46. The fourth-order valence-corrected chi connectivity index (χ4v) is 1.56. The SMILES string of the molecule is CC(C(=O)O)c1ccc(NC(=O)C(C)C(C)C)cc1. The van der Waals surface area contributed by atoms with Crippen LogP contribution in [0.2, 0.25) is 0 Å². The van der Waals surface area contributed by atoms with E-state index in [-0.39, 0.29) is 17.7 Å². The van der Waals surface area contributed by atoms with Crippen LogP contribution in [0.4, 0.5) is 5.69 Å². The molecule has 0 aliphatic rings. The van der Waals surface area contributed by atoms with Crippen LogP contribution in [0.25, 0.3) is 0 Å². The van der Waals surface area contributed by atoms with Crippen molar-refractivity contribution in [2.75, 3.05) is 5.32 Å². The summed E-state index contributed by atoms with van der Waals surface area (Å²) in [4.78, 5) is 22.7. The Balaban J connectivity index is 2.72. The Bertz CT molecular complexity index is 451. The molecular weight excluding hydrogens is 242 g/mol. The van der Waals surface area contributed by atoms with E-state index in [0.717, 1.165) is 5.56 Å². The lowest BCUT2D eigenvalue weighted by Crippen LogP contribution is -2.24. The lowest BCUT2D eigenvalue weighted by atomic mass is 9.97. The molecule has 1 aromatic rings. The molecule has 2 atom stereocenters. The minimum Gasteiger partial charge on any atom is -0.481 e. The van der Waals surface area contributed by atoms with E-state index in [2.05, 4.69) is 5.32 Å². The molecule has 0 aromatic heterocycles. The van der Waals surface area contributed by atoms with Crippen LogP contribution in [0.15, 0.2) is 24.3 Å². The molecule has 0 saturated heterocycles. The molecule has 2 N–H and O–H groups in total. The predicted molar refractivity (Wildman–Crippen MR) is 75.1 cm³/mol. The number of carboxylic acids is 1. The Morgan fingerprint density at radius 2 is 1.58 bits per heavy atom. The maximum Gasteiger partial charge on any atom is 0.310 e. The minimum atomic E-state index is -0.856. The lowest BCUT2D eigenvalue weighted by molar-refractivity contribution is -0.138. The van der Waals surface area contributed by atoms with Crippen molar-refractivity contribution in [2.24, 2.45) is 11.8 Å². The summed E-state index contributed by atoms with van der Waals surface area (Å²) in [5.41, 5.74) is 1.42. The molecule has 1 aromatic carbocycles. The molecule has 0 fully saturated rings. The number of rotatable bonds is 5. The molecule has 0 saturated carbocycles. The molecule has 4 nitrogen and oxygen atoms in total. The molecule has 0 spiro atoms. The van der Waals surface area contributed by atoms with Gasteiger partial charge in [0.15, 0.2) is 0 Å². The molecule has 104 valence electrons. The van der Waals surface area contributed by atoms with Crippen molar-refractivity contribution in [3.63, 3.8) is 0 Å². The molecule has 0 aliphatic heterocycles. The number of anilines is 1. The van der Waals surface area contributed by atoms with E-state index >= 15 is 0 Å². The van der Waals surface area contributed by atoms with Gasteiger partial charge in [-0.1, -0.05) is 32.9 Å². The zero-order chi connectivity index (χ0) is 14.6. The smallest absolute Gasteiger partial charge is 0.310 e. The molecule has 4 heteroatoms. The summed E-state index contributed by atoms with van der Waals surface area (Å²) < 4.78 is 0. The second-order valence-electron chi connectivity index (χ2n) is 5.20. The van der Waals surface area contributed by atoms with Gasteiger partial charge < -0.3 is 10.4 Å². The Hall–Kier alpha value is -1.84. The van der Waals surface area contributed by atoms with Crippen LogP contribution in [0.3, 0.4) is 0 Å². The average molecular weight is 263 g/mol. The van der Waals surface area contributed by atoms with Crippen molar-refractivity contribution in [1.29, 1.82) is 0 Å². The second-order valence-corrected chi connectivity index (χ2v) is 5.20. The van der Waals surface area contributed by atoms with Gasteiger partial charge in [0, 0.05) is 11.6 Å². The van der Waals surface area contributed by atoms with Gasteiger partial charge in [-0.25, -0.2) is 0 Å². The molecule has 0 bridgehead atoms. The first kappa shape index (κ1) is 15.2. The van der Waals surface area contributed by atoms with Gasteiger partial charge >= 0.3 is 5.97 Å². The summed E-state index contributed by atoms with van der Waals surface area (Å²) in [5, 5.41) is 11.7. The van der Waals surface area contributed by atoms with Crippen LogP contribution < -0.4 is 5.32 Å². The van der Waals surface area contributed by atoms with Gasteiger partial charge in [-0.05, 0) is 30.5 Å². The zero-order valence-corrected chi connectivity index (χ0v) is 11.8. The van der Waals surface area contributed by atoms with E-state index < -0.39 is 11.9 Å². The highest BCUT2D eigenvalue weighted by Crippen LogP contribution is 2.19. The number of benzene rings is 1. The van der Waals surface area contributed by atoms with E-state index in [0.29, 0.717) is 5.69 Å². The molecule has 0 aliphatic carbocycles. The van der Waals surface area contributed by atoms with Gasteiger partial charge in [-0.3, -0.25) is 9.59 Å². The standard InChI is InChI=1S/C15H21NO3/c1-9(2)10(3)14(17)16-13-7-5-12(6-8-13)11(4)15(18)19/h5-11H,1-4H3,(H,16,17)(H,18,19).